The lowest BCUT2D eigenvalue weighted by atomic mass is 10.2. The van der Waals surface area contributed by atoms with E-state index in [0.717, 1.165) is 24.9 Å². The van der Waals surface area contributed by atoms with Crippen molar-refractivity contribution in [3.05, 3.63) is 53.5 Å². The lowest BCUT2D eigenvalue weighted by molar-refractivity contribution is 0.499. The summed E-state index contributed by atoms with van der Waals surface area (Å²) in [6.45, 7) is 3.84. The molecule has 20 heavy (non-hydrogen) atoms. The van der Waals surface area contributed by atoms with E-state index in [2.05, 4.69) is 54.5 Å². The second-order valence-electron chi connectivity index (χ2n) is 5.72. The molecular weight excluding hydrogens is 248 g/mol. The van der Waals surface area contributed by atoms with Crippen LogP contribution in [0.25, 0.3) is 0 Å². The molecule has 0 spiro atoms. The van der Waals surface area contributed by atoms with Crippen LogP contribution in [-0.2, 0) is 13.1 Å². The van der Waals surface area contributed by atoms with Gasteiger partial charge in [-0.25, -0.2) is 0 Å². The largest absolute Gasteiger partial charge is 0.467 e. The average Bonchev–Trinajstić information content (AvgIpc) is 3.17. The van der Waals surface area contributed by atoms with Gasteiger partial charge in [-0.05, 0) is 43.5 Å². The van der Waals surface area contributed by atoms with Gasteiger partial charge in [-0.3, -0.25) is 0 Å². The summed E-state index contributed by atoms with van der Waals surface area (Å²) in [5, 5.41) is 3.54. The molecule has 1 saturated carbocycles. The van der Waals surface area contributed by atoms with Crippen molar-refractivity contribution in [2.75, 3.05) is 11.9 Å². The highest BCUT2D eigenvalue weighted by Gasteiger charge is 2.21. The minimum Gasteiger partial charge on any atom is -0.467 e. The SMILES string of the molecule is Cc1cccc(N(C)Cc2occc2CNC2CC2)c1. The topological polar surface area (TPSA) is 28.4 Å². The number of hydrogen-bond acceptors (Lipinski definition) is 3. The number of rotatable bonds is 6. The van der Waals surface area contributed by atoms with E-state index >= 15 is 0 Å². The predicted octanol–water partition coefficient (Wildman–Crippen LogP) is 3.48. The van der Waals surface area contributed by atoms with Crippen molar-refractivity contribution in [1.29, 1.82) is 0 Å². The minimum atomic E-state index is 0.729. The van der Waals surface area contributed by atoms with E-state index in [1.165, 1.54) is 29.7 Å². The molecule has 0 radical (unpaired) electrons. The summed E-state index contributed by atoms with van der Waals surface area (Å²) < 4.78 is 5.66. The molecule has 0 saturated heterocycles. The third-order valence-electron chi connectivity index (χ3n) is 3.82. The van der Waals surface area contributed by atoms with E-state index in [1.54, 1.807) is 6.26 Å². The van der Waals surface area contributed by atoms with Gasteiger partial charge in [0.1, 0.15) is 5.76 Å². The third kappa shape index (κ3) is 3.23. The van der Waals surface area contributed by atoms with Gasteiger partial charge < -0.3 is 14.6 Å². The fourth-order valence-electron chi connectivity index (χ4n) is 2.38. The standard InChI is InChI=1S/C17H22N2O/c1-13-4-3-5-16(10-13)19(2)12-17-14(8-9-20-17)11-18-15-6-7-15/h3-5,8-10,15,18H,6-7,11-12H2,1-2H3. The number of benzene rings is 1. The highest BCUT2D eigenvalue weighted by molar-refractivity contribution is 5.48. The summed E-state index contributed by atoms with van der Waals surface area (Å²) in [6.07, 6.45) is 4.43. The maximum Gasteiger partial charge on any atom is 0.127 e. The Balaban J connectivity index is 1.65. The number of nitrogens with one attached hydrogen (secondary N) is 1. The molecule has 1 aliphatic carbocycles. The second-order valence-corrected chi connectivity index (χ2v) is 5.72. The molecule has 0 unspecified atom stereocenters. The molecule has 1 N–H and O–H groups in total. The number of nitrogens with zero attached hydrogens (tertiary/aromatic N) is 1. The summed E-state index contributed by atoms with van der Waals surface area (Å²) in [6, 6.07) is 11.4. The van der Waals surface area contributed by atoms with Gasteiger partial charge in [0, 0.05) is 30.9 Å². The molecule has 0 bridgehead atoms. The van der Waals surface area contributed by atoms with Gasteiger partial charge in [0.15, 0.2) is 0 Å². The molecule has 2 aromatic rings. The van der Waals surface area contributed by atoms with Gasteiger partial charge in [-0.1, -0.05) is 12.1 Å². The van der Waals surface area contributed by atoms with E-state index in [9.17, 15) is 0 Å². The Morgan fingerprint density at radius 3 is 2.90 bits per heavy atom. The molecule has 1 heterocycles. The average molecular weight is 270 g/mol. The number of aryl methyl sites for hydroxylation is 1. The Morgan fingerprint density at radius 1 is 1.30 bits per heavy atom. The monoisotopic (exact) mass is 270 g/mol. The second kappa shape index (κ2) is 5.71. The first-order valence-electron chi connectivity index (χ1n) is 7.29. The first kappa shape index (κ1) is 13.3. The summed E-state index contributed by atoms with van der Waals surface area (Å²) in [4.78, 5) is 2.23. The Morgan fingerprint density at radius 2 is 2.15 bits per heavy atom. The molecule has 1 aliphatic rings. The van der Waals surface area contributed by atoms with E-state index in [4.69, 9.17) is 4.42 Å². The summed E-state index contributed by atoms with van der Waals surface area (Å²) in [5.74, 6) is 1.06. The van der Waals surface area contributed by atoms with Gasteiger partial charge in [-0.15, -0.1) is 0 Å². The lowest BCUT2D eigenvalue weighted by Gasteiger charge is -2.19. The van der Waals surface area contributed by atoms with Crippen LogP contribution in [-0.4, -0.2) is 13.1 Å². The molecule has 0 atom stereocenters. The van der Waals surface area contributed by atoms with E-state index in [-0.39, 0.29) is 0 Å². The van der Waals surface area contributed by atoms with Crippen molar-refractivity contribution in [2.45, 2.75) is 38.9 Å². The summed E-state index contributed by atoms with van der Waals surface area (Å²) >= 11 is 0. The zero-order chi connectivity index (χ0) is 13.9. The smallest absolute Gasteiger partial charge is 0.127 e. The normalized spacial score (nSPS) is 14.5. The molecule has 1 fully saturated rings. The summed E-state index contributed by atoms with van der Waals surface area (Å²) in [5.41, 5.74) is 3.78. The fraction of sp³-hybridized carbons (Fsp3) is 0.412. The first-order chi connectivity index (χ1) is 9.72. The molecular formula is C17H22N2O. The van der Waals surface area contributed by atoms with Crippen LogP contribution in [0.3, 0.4) is 0 Å². The van der Waals surface area contributed by atoms with Crippen LogP contribution in [0, 0.1) is 6.92 Å². The zero-order valence-corrected chi connectivity index (χ0v) is 12.2. The van der Waals surface area contributed by atoms with Crippen LogP contribution in [0.1, 0.15) is 29.7 Å². The van der Waals surface area contributed by atoms with Crippen molar-refractivity contribution < 1.29 is 4.42 Å². The zero-order valence-electron chi connectivity index (χ0n) is 12.2. The number of furan rings is 1. The Hall–Kier alpha value is -1.74. The Bertz CT molecular complexity index is 572. The molecule has 3 heteroatoms. The van der Waals surface area contributed by atoms with E-state index < -0.39 is 0 Å². The Labute approximate surface area is 120 Å². The van der Waals surface area contributed by atoms with Crippen LogP contribution < -0.4 is 10.2 Å². The molecule has 0 amide bonds. The lowest BCUT2D eigenvalue weighted by Crippen LogP contribution is -2.19. The molecule has 3 rings (SSSR count). The van der Waals surface area contributed by atoms with Crippen molar-refractivity contribution >= 4 is 5.69 Å². The Kier molecular flexibility index (Phi) is 3.79. The molecule has 3 nitrogen and oxygen atoms in total. The predicted molar refractivity (Wildman–Crippen MR) is 81.9 cm³/mol. The van der Waals surface area contributed by atoms with Crippen LogP contribution in [0.15, 0.2) is 41.0 Å². The molecule has 1 aromatic carbocycles. The quantitative estimate of drug-likeness (QED) is 0.871. The first-order valence-corrected chi connectivity index (χ1v) is 7.29. The van der Waals surface area contributed by atoms with Crippen LogP contribution in [0.5, 0.6) is 0 Å². The van der Waals surface area contributed by atoms with Crippen molar-refractivity contribution in [2.24, 2.45) is 0 Å². The van der Waals surface area contributed by atoms with Crippen molar-refractivity contribution in [3.63, 3.8) is 0 Å². The van der Waals surface area contributed by atoms with Gasteiger partial charge in [0.05, 0.1) is 12.8 Å². The highest BCUT2D eigenvalue weighted by atomic mass is 16.3. The molecule has 106 valence electrons. The number of hydrogen-bond donors (Lipinski definition) is 1. The maximum atomic E-state index is 5.66. The van der Waals surface area contributed by atoms with E-state index in [0.29, 0.717) is 0 Å². The van der Waals surface area contributed by atoms with Crippen LogP contribution >= 0.6 is 0 Å². The fourth-order valence-corrected chi connectivity index (χ4v) is 2.38. The molecule has 0 aliphatic heterocycles. The van der Waals surface area contributed by atoms with Crippen LogP contribution in [0.2, 0.25) is 0 Å². The van der Waals surface area contributed by atoms with Gasteiger partial charge in [-0.2, -0.15) is 0 Å². The van der Waals surface area contributed by atoms with Gasteiger partial charge >= 0.3 is 0 Å². The minimum absolute atomic E-state index is 0.729. The third-order valence-corrected chi connectivity index (χ3v) is 3.82. The highest BCUT2D eigenvalue weighted by Crippen LogP contribution is 2.22. The maximum absolute atomic E-state index is 5.66. The van der Waals surface area contributed by atoms with Gasteiger partial charge in [0.2, 0.25) is 0 Å². The van der Waals surface area contributed by atoms with Crippen molar-refractivity contribution in [1.82, 2.24) is 5.32 Å². The van der Waals surface area contributed by atoms with Crippen LogP contribution in [0.4, 0.5) is 5.69 Å². The summed E-state index contributed by atoms with van der Waals surface area (Å²) in [7, 11) is 2.11. The van der Waals surface area contributed by atoms with Gasteiger partial charge in [0.25, 0.3) is 0 Å². The van der Waals surface area contributed by atoms with Crippen molar-refractivity contribution in [3.8, 4) is 0 Å². The number of anilines is 1. The molecule has 1 aromatic heterocycles. The van der Waals surface area contributed by atoms with E-state index in [1.807, 2.05) is 0 Å².